The second-order valence-electron chi connectivity index (χ2n) is 13.9. The maximum absolute atomic E-state index is 3.93. The molecule has 4 rings (SSSR count). The van der Waals surface area contributed by atoms with Crippen molar-refractivity contribution >= 4 is 8.80 Å². The molecule has 0 heterocycles. The summed E-state index contributed by atoms with van der Waals surface area (Å²) in [7, 11) is -0.914. The number of allylic oxidation sites excluding steroid dienone is 9. The van der Waals surface area contributed by atoms with E-state index in [9.17, 15) is 0 Å². The van der Waals surface area contributed by atoms with Crippen LogP contribution in [0.15, 0.2) is 60.3 Å². The van der Waals surface area contributed by atoms with Crippen molar-refractivity contribution < 1.29 is 0 Å². The molecule has 4 aliphatic rings. The monoisotopic (exact) mass is 462 g/mol. The third-order valence-corrected chi connectivity index (χ3v) is 13.8. The molecule has 1 heteroatoms. The first-order chi connectivity index (χ1) is 15.5. The predicted molar refractivity (Wildman–Crippen MR) is 149 cm³/mol. The zero-order chi connectivity index (χ0) is 24.0. The highest BCUT2D eigenvalue weighted by atomic mass is 28.3. The first-order valence-corrected chi connectivity index (χ1v) is 16.4. The number of fused-ring (bicyclic) bond motifs is 3. The van der Waals surface area contributed by atoms with Crippen molar-refractivity contribution in [1.82, 2.24) is 0 Å². The van der Waals surface area contributed by atoms with Gasteiger partial charge in [0.1, 0.15) is 0 Å². The predicted octanol–water partition coefficient (Wildman–Crippen LogP) is 9.30. The number of hydrogen-bond donors (Lipinski definition) is 0. The topological polar surface area (TPSA) is 0 Å². The molecular weight excluding hydrogens is 412 g/mol. The molecule has 0 radical (unpaired) electrons. The van der Waals surface area contributed by atoms with Gasteiger partial charge in [-0.25, -0.2) is 0 Å². The van der Waals surface area contributed by atoms with Crippen LogP contribution in [-0.4, -0.2) is 8.80 Å². The van der Waals surface area contributed by atoms with Crippen LogP contribution in [0.1, 0.15) is 80.1 Å². The van der Waals surface area contributed by atoms with Crippen LogP contribution in [0.25, 0.3) is 0 Å². The molecule has 0 saturated heterocycles. The van der Waals surface area contributed by atoms with Gasteiger partial charge in [0.15, 0.2) is 0 Å². The van der Waals surface area contributed by atoms with Gasteiger partial charge in [0, 0.05) is 8.80 Å². The zero-order valence-corrected chi connectivity index (χ0v) is 23.8. The Hall–Kier alpha value is -1.08. The normalized spacial score (nSPS) is 36.8. The molecular formula is C32H50Si. The maximum atomic E-state index is 3.93. The molecule has 0 aromatic rings. The fourth-order valence-corrected chi connectivity index (χ4v) is 11.9. The number of hydrogen-bond acceptors (Lipinski definition) is 0. The van der Waals surface area contributed by atoms with Crippen LogP contribution >= 0.6 is 0 Å². The summed E-state index contributed by atoms with van der Waals surface area (Å²) in [6, 6.07) is 0. The summed E-state index contributed by atoms with van der Waals surface area (Å²) >= 11 is 0. The van der Waals surface area contributed by atoms with Crippen molar-refractivity contribution in [3.05, 3.63) is 60.3 Å². The molecule has 2 fully saturated rings. The van der Waals surface area contributed by atoms with E-state index in [1.807, 2.05) is 0 Å². The molecule has 0 amide bonds. The summed E-state index contributed by atoms with van der Waals surface area (Å²) in [6.45, 7) is 21.1. The van der Waals surface area contributed by atoms with Crippen LogP contribution in [0, 0.1) is 40.4 Å². The minimum absolute atomic E-state index is 0.246. The Bertz CT molecular complexity index is 787. The SMILES string of the molecule is C=CCCCC1CCC([SiH](C)C2C3C=C(C(C)(C)C)C=CC3C3C=CC(C(C)(C)C)=CC32)C1. The van der Waals surface area contributed by atoms with Crippen LogP contribution < -0.4 is 0 Å². The number of unbranched alkanes of at least 4 members (excludes halogenated alkanes) is 1. The highest BCUT2D eigenvalue weighted by Gasteiger charge is 2.52. The zero-order valence-electron chi connectivity index (χ0n) is 22.6. The van der Waals surface area contributed by atoms with Gasteiger partial charge in [-0.15, -0.1) is 6.58 Å². The van der Waals surface area contributed by atoms with E-state index in [-0.39, 0.29) is 10.8 Å². The van der Waals surface area contributed by atoms with Gasteiger partial charge in [-0.3, -0.25) is 0 Å². The highest BCUT2D eigenvalue weighted by molar-refractivity contribution is 6.61. The molecule has 182 valence electrons. The lowest BCUT2D eigenvalue weighted by Crippen LogP contribution is -2.30. The van der Waals surface area contributed by atoms with Gasteiger partial charge in [0.05, 0.1) is 0 Å². The van der Waals surface area contributed by atoms with Crippen molar-refractivity contribution in [3.8, 4) is 0 Å². The molecule has 4 aliphatic carbocycles. The minimum atomic E-state index is -0.914. The van der Waals surface area contributed by atoms with Gasteiger partial charge in [0.25, 0.3) is 0 Å². The molecule has 0 N–H and O–H groups in total. The third-order valence-electron chi connectivity index (χ3n) is 9.65. The molecule has 0 aliphatic heterocycles. The van der Waals surface area contributed by atoms with E-state index >= 15 is 0 Å². The average molecular weight is 463 g/mol. The molecule has 0 aromatic carbocycles. The van der Waals surface area contributed by atoms with Crippen molar-refractivity contribution in [2.24, 2.45) is 40.4 Å². The van der Waals surface area contributed by atoms with E-state index in [1.54, 1.807) is 11.1 Å². The average Bonchev–Trinajstić information content (AvgIpc) is 3.34. The quantitative estimate of drug-likeness (QED) is 0.209. The van der Waals surface area contributed by atoms with Crippen LogP contribution in [0.3, 0.4) is 0 Å². The molecule has 0 aromatic heterocycles. The van der Waals surface area contributed by atoms with Crippen molar-refractivity contribution in [2.75, 3.05) is 0 Å². The number of rotatable bonds is 6. The lowest BCUT2D eigenvalue weighted by molar-refractivity contribution is 0.433. The molecule has 0 nitrogen and oxygen atoms in total. The Morgan fingerprint density at radius 2 is 1.42 bits per heavy atom. The summed E-state index contributed by atoms with van der Waals surface area (Å²) in [5, 5.41) is 0. The summed E-state index contributed by atoms with van der Waals surface area (Å²) < 4.78 is 0. The van der Waals surface area contributed by atoms with Crippen molar-refractivity contribution in [1.29, 1.82) is 0 Å². The van der Waals surface area contributed by atoms with Crippen molar-refractivity contribution in [2.45, 2.75) is 97.7 Å². The summed E-state index contributed by atoms with van der Waals surface area (Å²) in [5.41, 5.74) is 5.59. The fourth-order valence-electron chi connectivity index (χ4n) is 7.62. The van der Waals surface area contributed by atoms with E-state index in [4.69, 9.17) is 0 Å². The molecule has 33 heavy (non-hydrogen) atoms. The molecule has 7 unspecified atom stereocenters. The molecule has 2 saturated carbocycles. The molecule has 0 spiro atoms. The van der Waals surface area contributed by atoms with E-state index < -0.39 is 8.80 Å². The van der Waals surface area contributed by atoms with Crippen LogP contribution in [-0.2, 0) is 0 Å². The largest absolute Gasteiger partial charge is 0.103 e. The Balaban J connectivity index is 1.62. The van der Waals surface area contributed by atoms with Gasteiger partial charge in [-0.1, -0.05) is 116 Å². The van der Waals surface area contributed by atoms with Crippen molar-refractivity contribution in [3.63, 3.8) is 0 Å². The Morgan fingerprint density at radius 1 is 0.879 bits per heavy atom. The summed E-state index contributed by atoms with van der Waals surface area (Å²) in [4.78, 5) is 0. The van der Waals surface area contributed by atoms with Gasteiger partial charge in [-0.2, -0.15) is 0 Å². The Kier molecular flexibility index (Phi) is 7.22. The smallest absolute Gasteiger partial charge is 0.0413 e. The van der Waals surface area contributed by atoms with E-state index in [0.717, 1.165) is 28.8 Å². The Labute approximate surface area is 207 Å². The lowest BCUT2D eigenvalue weighted by Gasteiger charge is -2.36. The van der Waals surface area contributed by atoms with Gasteiger partial charge in [-0.05, 0) is 75.5 Å². The van der Waals surface area contributed by atoms with E-state index in [0.29, 0.717) is 11.8 Å². The fraction of sp³-hybridized carbons (Fsp3) is 0.688. The third kappa shape index (κ3) is 5.14. The highest BCUT2D eigenvalue weighted by Crippen LogP contribution is 2.60. The first kappa shape index (κ1) is 25.0. The molecule has 7 atom stereocenters. The first-order valence-electron chi connectivity index (χ1n) is 13.9. The summed E-state index contributed by atoms with van der Waals surface area (Å²) in [6.07, 6.45) is 26.3. The lowest BCUT2D eigenvalue weighted by atomic mass is 9.74. The minimum Gasteiger partial charge on any atom is -0.103 e. The van der Waals surface area contributed by atoms with Gasteiger partial charge in [0.2, 0.25) is 0 Å². The van der Waals surface area contributed by atoms with Crippen LogP contribution in [0.2, 0.25) is 17.6 Å². The summed E-state index contributed by atoms with van der Waals surface area (Å²) in [5.74, 6) is 3.90. The standard InChI is InChI=1S/C32H50Si/c1-9-10-11-12-22-13-16-25(19-22)33(8)30-28-20-23(31(2,3)4)14-17-26(28)27-18-15-24(21-29(27)30)32(5,6)7/h9,14-15,17-18,20-22,25-30,33H,1,10-13,16,19H2,2-8H3. The second-order valence-corrected chi connectivity index (χ2v) is 17.3. The van der Waals surface area contributed by atoms with Gasteiger partial charge < -0.3 is 0 Å². The Morgan fingerprint density at radius 3 is 1.91 bits per heavy atom. The van der Waals surface area contributed by atoms with Crippen LogP contribution in [0.5, 0.6) is 0 Å². The van der Waals surface area contributed by atoms with E-state index in [2.05, 4.69) is 97.2 Å². The van der Waals surface area contributed by atoms with Crippen LogP contribution in [0.4, 0.5) is 0 Å². The second kappa shape index (κ2) is 9.52. The van der Waals surface area contributed by atoms with E-state index in [1.165, 1.54) is 38.5 Å². The maximum Gasteiger partial charge on any atom is 0.0413 e. The molecule has 0 bridgehead atoms. The van der Waals surface area contributed by atoms with Gasteiger partial charge >= 0.3 is 0 Å².